The van der Waals surface area contributed by atoms with Crippen molar-refractivity contribution in [3.8, 4) is 0 Å². The number of quaternary nitrogens is 1. The van der Waals surface area contributed by atoms with Gasteiger partial charge < -0.3 is 23.8 Å². The Morgan fingerprint density at radius 2 is 1.94 bits per heavy atom. The van der Waals surface area contributed by atoms with E-state index in [2.05, 4.69) is 30.9 Å². The molecule has 0 heterocycles. The fraction of sp³-hybridized carbons (Fsp3) is 0.909. The molecule has 0 bridgehead atoms. The molecule has 0 aliphatic heterocycles. The zero-order chi connectivity index (χ0) is 14.2. The summed E-state index contributed by atoms with van der Waals surface area (Å²) < 4.78 is 16.5. The Hall–Kier alpha value is -0.420. The average molecular weight is 280 g/mol. The third kappa shape index (κ3) is 8.64. The second-order valence-electron chi connectivity index (χ2n) is 4.92. The Bertz CT molecular complexity index is 307. The number of carbonyl (C=O) groups is 1. The maximum absolute atomic E-state index is 11.5. The Morgan fingerprint density at radius 3 is 2.44 bits per heavy atom. The number of rotatable bonds is 9. The van der Waals surface area contributed by atoms with Crippen molar-refractivity contribution in [3.63, 3.8) is 0 Å². The van der Waals surface area contributed by atoms with Crippen LogP contribution in [-0.2, 0) is 13.9 Å². The summed E-state index contributed by atoms with van der Waals surface area (Å²) in [6.45, 7) is 5.47. The van der Waals surface area contributed by atoms with Gasteiger partial charge in [0.15, 0.2) is 7.60 Å². The van der Waals surface area contributed by atoms with Crippen molar-refractivity contribution in [1.82, 2.24) is 5.32 Å². The number of nitrogens with zero attached hydrogens (tertiary/aromatic N) is 1. The van der Waals surface area contributed by atoms with Crippen LogP contribution >= 0.6 is 7.60 Å². The SMILES string of the molecule is CCC[N+](C)(C)CCC(=O)NCP(=O)([O-])OCC. The lowest BCUT2D eigenvalue weighted by molar-refractivity contribution is -0.889. The van der Waals surface area contributed by atoms with Gasteiger partial charge >= 0.3 is 0 Å². The molecule has 1 N–H and O–H groups in total. The minimum atomic E-state index is -3.91. The first kappa shape index (κ1) is 17.6. The highest BCUT2D eigenvalue weighted by molar-refractivity contribution is 7.51. The summed E-state index contributed by atoms with van der Waals surface area (Å²) in [5, 5.41) is 2.37. The van der Waals surface area contributed by atoms with E-state index in [4.69, 9.17) is 0 Å². The number of hydrogen-bond donors (Lipinski definition) is 1. The third-order valence-electron chi connectivity index (χ3n) is 2.57. The minimum absolute atomic E-state index is 0.0943. The first-order valence-electron chi connectivity index (χ1n) is 6.25. The molecule has 0 saturated heterocycles. The molecule has 0 aromatic carbocycles. The van der Waals surface area contributed by atoms with E-state index in [0.717, 1.165) is 17.4 Å². The van der Waals surface area contributed by atoms with E-state index in [9.17, 15) is 14.3 Å². The van der Waals surface area contributed by atoms with Crippen molar-refractivity contribution in [2.45, 2.75) is 26.7 Å². The summed E-state index contributed by atoms with van der Waals surface area (Å²) >= 11 is 0. The Kier molecular flexibility index (Phi) is 7.71. The van der Waals surface area contributed by atoms with Crippen molar-refractivity contribution in [1.29, 1.82) is 0 Å². The zero-order valence-electron chi connectivity index (χ0n) is 11.8. The summed E-state index contributed by atoms with van der Waals surface area (Å²) in [5.41, 5.74) is 0. The average Bonchev–Trinajstić information content (AvgIpc) is 2.24. The summed E-state index contributed by atoms with van der Waals surface area (Å²) in [6.07, 6.45) is 0.939. The highest BCUT2D eigenvalue weighted by atomic mass is 31.2. The molecule has 0 aliphatic carbocycles. The molecule has 18 heavy (non-hydrogen) atoms. The monoisotopic (exact) mass is 280 g/mol. The van der Waals surface area contributed by atoms with E-state index in [1.807, 2.05) is 0 Å². The Morgan fingerprint density at radius 1 is 1.33 bits per heavy atom. The van der Waals surface area contributed by atoms with Crippen molar-refractivity contribution in [3.05, 3.63) is 0 Å². The van der Waals surface area contributed by atoms with Gasteiger partial charge in [-0.05, 0) is 13.3 Å². The maximum atomic E-state index is 11.5. The van der Waals surface area contributed by atoms with Gasteiger partial charge in [-0.2, -0.15) is 0 Å². The first-order valence-corrected chi connectivity index (χ1v) is 7.98. The van der Waals surface area contributed by atoms with Crippen LogP contribution in [0.1, 0.15) is 26.7 Å². The van der Waals surface area contributed by atoms with E-state index >= 15 is 0 Å². The van der Waals surface area contributed by atoms with Crippen LogP contribution in [0.25, 0.3) is 0 Å². The fourth-order valence-corrected chi connectivity index (χ4v) is 2.49. The molecule has 7 heteroatoms. The molecule has 0 rings (SSSR count). The number of nitrogens with one attached hydrogen (secondary N) is 1. The lowest BCUT2D eigenvalue weighted by Gasteiger charge is -2.29. The quantitative estimate of drug-likeness (QED) is 0.493. The van der Waals surface area contributed by atoms with Crippen LogP contribution < -0.4 is 10.2 Å². The van der Waals surface area contributed by atoms with Crippen LogP contribution in [0.15, 0.2) is 0 Å². The molecule has 1 amide bonds. The first-order chi connectivity index (χ1) is 8.22. The van der Waals surface area contributed by atoms with E-state index in [-0.39, 0.29) is 12.5 Å². The molecule has 0 aliphatic rings. The van der Waals surface area contributed by atoms with Crippen LogP contribution in [0, 0.1) is 0 Å². The second kappa shape index (κ2) is 7.89. The standard InChI is InChI=1S/C11H25N2O4P/c1-5-8-13(3,4)9-7-11(14)12-10-18(15,16)17-6-2/h5-10H2,1-4H3,(H-,12,14,15,16). The van der Waals surface area contributed by atoms with Gasteiger partial charge in [-0.25, -0.2) is 0 Å². The van der Waals surface area contributed by atoms with Gasteiger partial charge in [-0.3, -0.25) is 4.79 Å². The van der Waals surface area contributed by atoms with Crippen LogP contribution in [-0.4, -0.2) is 50.5 Å². The number of carbonyl (C=O) groups excluding carboxylic acids is 1. The van der Waals surface area contributed by atoms with Gasteiger partial charge in [0, 0.05) is 0 Å². The highest BCUT2D eigenvalue weighted by Crippen LogP contribution is 2.34. The lowest BCUT2D eigenvalue weighted by atomic mass is 10.3. The highest BCUT2D eigenvalue weighted by Gasteiger charge is 2.16. The lowest BCUT2D eigenvalue weighted by Crippen LogP contribution is -2.43. The molecule has 1 unspecified atom stereocenters. The van der Waals surface area contributed by atoms with Crippen molar-refractivity contribution in [2.75, 3.05) is 40.1 Å². The summed E-state index contributed by atoms with van der Waals surface area (Å²) in [4.78, 5) is 22.7. The number of hydrogen-bond acceptors (Lipinski definition) is 4. The van der Waals surface area contributed by atoms with E-state index in [0.29, 0.717) is 13.0 Å². The van der Waals surface area contributed by atoms with Gasteiger partial charge in [0.05, 0.1) is 46.5 Å². The topological polar surface area (TPSA) is 78.5 Å². The molecular formula is C11H25N2O4P. The number of amides is 1. The van der Waals surface area contributed by atoms with Crippen molar-refractivity contribution in [2.24, 2.45) is 0 Å². The van der Waals surface area contributed by atoms with Gasteiger partial charge in [0.2, 0.25) is 5.91 Å². The van der Waals surface area contributed by atoms with Crippen LogP contribution in [0.5, 0.6) is 0 Å². The van der Waals surface area contributed by atoms with Gasteiger partial charge in [0.1, 0.15) is 0 Å². The molecular weight excluding hydrogens is 255 g/mol. The molecule has 1 atom stereocenters. The van der Waals surface area contributed by atoms with Gasteiger partial charge in [0.25, 0.3) is 0 Å². The predicted octanol–water partition coefficient (Wildman–Crippen LogP) is 0.527. The predicted molar refractivity (Wildman–Crippen MR) is 69.0 cm³/mol. The Labute approximate surface area is 109 Å². The van der Waals surface area contributed by atoms with E-state index in [1.165, 1.54) is 0 Å². The zero-order valence-corrected chi connectivity index (χ0v) is 12.7. The molecule has 0 fully saturated rings. The summed E-state index contributed by atoms with van der Waals surface area (Å²) in [5.74, 6) is -0.256. The molecule has 0 aromatic rings. The smallest absolute Gasteiger partial charge is 0.226 e. The molecule has 0 saturated carbocycles. The maximum Gasteiger partial charge on any atom is 0.226 e. The van der Waals surface area contributed by atoms with Crippen LogP contribution in [0.2, 0.25) is 0 Å². The largest absolute Gasteiger partial charge is 0.777 e. The van der Waals surface area contributed by atoms with E-state index < -0.39 is 13.9 Å². The summed E-state index contributed by atoms with van der Waals surface area (Å²) in [6, 6.07) is 0. The summed E-state index contributed by atoms with van der Waals surface area (Å²) in [7, 11) is 0.192. The molecule has 6 nitrogen and oxygen atoms in total. The molecule has 0 spiro atoms. The van der Waals surface area contributed by atoms with E-state index in [1.54, 1.807) is 6.92 Å². The van der Waals surface area contributed by atoms with Crippen molar-refractivity contribution < 1.29 is 23.3 Å². The molecule has 108 valence electrons. The minimum Gasteiger partial charge on any atom is -0.777 e. The molecule has 0 aromatic heterocycles. The van der Waals surface area contributed by atoms with Crippen LogP contribution in [0.3, 0.4) is 0 Å². The van der Waals surface area contributed by atoms with Gasteiger partial charge in [-0.1, -0.05) is 6.92 Å². The second-order valence-corrected chi connectivity index (χ2v) is 6.72. The van der Waals surface area contributed by atoms with Crippen LogP contribution in [0.4, 0.5) is 0 Å². The third-order valence-corrected chi connectivity index (χ3v) is 3.77. The van der Waals surface area contributed by atoms with Gasteiger partial charge in [-0.15, -0.1) is 0 Å². The normalized spacial score (nSPS) is 15.2. The fourth-order valence-electron chi connectivity index (χ4n) is 1.64. The Balaban J connectivity index is 3.96. The molecule has 0 radical (unpaired) electrons. The van der Waals surface area contributed by atoms with Crippen molar-refractivity contribution >= 4 is 13.5 Å².